The Kier molecular flexibility index (Phi) is 4.95. The Morgan fingerprint density at radius 2 is 2.00 bits per heavy atom. The number of para-hydroxylation sites is 1. The van der Waals surface area contributed by atoms with Crippen LogP contribution in [0, 0.1) is 6.92 Å². The van der Waals surface area contributed by atoms with Gasteiger partial charge in [0.25, 0.3) is 5.91 Å². The number of halogens is 1. The van der Waals surface area contributed by atoms with Crippen LogP contribution in [0.3, 0.4) is 0 Å². The van der Waals surface area contributed by atoms with Crippen molar-refractivity contribution in [2.45, 2.75) is 19.4 Å². The number of hydrogen-bond donors (Lipinski definition) is 2. The maximum absolute atomic E-state index is 12.5. The molecule has 1 unspecified atom stereocenters. The van der Waals surface area contributed by atoms with E-state index >= 15 is 0 Å². The molecule has 25 heavy (non-hydrogen) atoms. The lowest BCUT2D eigenvalue weighted by atomic mass is 10.1. The number of carboxylic acid groups (broad SMARTS) is 1. The van der Waals surface area contributed by atoms with Crippen molar-refractivity contribution in [1.29, 1.82) is 0 Å². The molecule has 0 fully saturated rings. The number of carbonyl (C=O) groups is 2. The molecule has 1 aliphatic heterocycles. The molecule has 0 bridgehead atoms. The van der Waals surface area contributed by atoms with Crippen LogP contribution < -0.4 is 10.2 Å². The molecule has 2 aromatic rings. The summed E-state index contributed by atoms with van der Waals surface area (Å²) in [7, 11) is 0. The van der Waals surface area contributed by atoms with E-state index in [0.717, 1.165) is 18.7 Å². The third kappa shape index (κ3) is 3.61. The number of hydrogen-bond acceptors (Lipinski definition) is 3. The molecule has 1 amide bonds. The van der Waals surface area contributed by atoms with Gasteiger partial charge >= 0.3 is 5.97 Å². The summed E-state index contributed by atoms with van der Waals surface area (Å²) in [6.07, 6.45) is 0.879. The number of rotatable bonds is 5. The molecule has 0 aliphatic carbocycles. The molecule has 0 saturated heterocycles. The van der Waals surface area contributed by atoms with Crippen molar-refractivity contribution >= 4 is 29.2 Å². The lowest BCUT2D eigenvalue weighted by Crippen LogP contribution is -2.48. The molecule has 0 aromatic heterocycles. The lowest BCUT2D eigenvalue weighted by molar-refractivity contribution is -0.139. The van der Waals surface area contributed by atoms with Gasteiger partial charge < -0.3 is 15.3 Å². The van der Waals surface area contributed by atoms with Gasteiger partial charge in [-0.2, -0.15) is 0 Å². The summed E-state index contributed by atoms with van der Waals surface area (Å²) < 4.78 is 0. The zero-order valence-corrected chi connectivity index (χ0v) is 14.6. The Hall–Kier alpha value is -2.53. The predicted molar refractivity (Wildman–Crippen MR) is 97.4 cm³/mol. The van der Waals surface area contributed by atoms with E-state index in [2.05, 4.69) is 5.32 Å². The minimum Gasteiger partial charge on any atom is -0.480 e. The summed E-state index contributed by atoms with van der Waals surface area (Å²) in [5.74, 6) is -1.49. The second-order valence-corrected chi connectivity index (χ2v) is 6.51. The van der Waals surface area contributed by atoms with E-state index in [1.54, 1.807) is 25.1 Å². The second-order valence-electron chi connectivity index (χ2n) is 6.10. The molecule has 3 rings (SSSR count). The number of amides is 1. The fourth-order valence-corrected chi connectivity index (χ4v) is 3.27. The van der Waals surface area contributed by atoms with E-state index < -0.39 is 17.9 Å². The zero-order chi connectivity index (χ0) is 18.0. The molecule has 2 aromatic carbocycles. The number of anilines is 1. The molecule has 0 saturated carbocycles. The molecule has 0 spiro atoms. The fourth-order valence-electron chi connectivity index (χ4n) is 3.09. The van der Waals surface area contributed by atoms with Gasteiger partial charge in [-0.15, -0.1) is 0 Å². The first-order valence-electron chi connectivity index (χ1n) is 8.09. The van der Waals surface area contributed by atoms with Gasteiger partial charge in [0.1, 0.15) is 6.04 Å². The van der Waals surface area contributed by atoms with E-state index in [4.69, 9.17) is 11.6 Å². The van der Waals surface area contributed by atoms with E-state index in [0.29, 0.717) is 16.1 Å². The first-order chi connectivity index (χ1) is 12.0. The third-order valence-electron chi connectivity index (χ3n) is 4.50. The normalized spacial score (nSPS) is 14.1. The number of carboxylic acids is 1. The predicted octanol–water partition coefficient (Wildman–Crippen LogP) is 2.89. The maximum Gasteiger partial charge on any atom is 0.328 e. The Morgan fingerprint density at radius 3 is 2.76 bits per heavy atom. The van der Waals surface area contributed by atoms with Crippen LogP contribution in [-0.4, -0.2) is 36.1 Å². The largest absolute Gasteiger partial charge is 0.480 e. The second kappa shape index (κ2) is 7.15. The van der Waals surface area contributed by atoms with Crippen LogP contribution >= 0.6 is 11.6 Å². The number of fused-ring (bicyclic) bond motifs is 1. The lowest BCUT2D eigenvalue weighted by Gasteiger charge is -2.24. The highest BCUT2D eigenvalue weighted by Gasteiger charge is 2.27. The molecule has 1 heterocycles. The van der Waals surface area contributed by atoms with E-state index in [1.165, 1.54) is 5.56 Å². The van der Waals surface area contributed by atoms with Crippen LogP contribution in [0.2, 0.25) is 5.02 Å². The van der Waals surface area contributed by atoms with Crippen LogP contribution in [0.4, 0.5) is 5.69 Å². The molecule has 6 heteroatoms. The first kappa shape index (κ1) is 17.3. The van der Waals surface area contributed by atoms with Gasteiger partial charge in [-0.1, -0.05) is 35.9 Å². The monoisotopic (exact) mass is 358 g/mol. The Morgan fingerprint density at radius 1 is 1.24 bits per heavy atom. The minimum absolute atomic E-state index is 0.220. The van der Waals surface area contributed by atoms with E-state index in [9.17, 15) is 14.7 Å². The van der Waals surface area contributed by atoms with Crippen molar-refractivity contribution in [3.8, 4) is 0 Å². The fraction of sp³-hybridized carbons (Fsp3) is 0.263. The van der Waals surface area contributed by atoms with Crippen molar-refractivity contribution in [3.63, 3.8) is 0 Å². The Bertz CT molecular complexity index is 822. The zero-order valence-electron chi connectivity index (χ0n) is 13.8. The number of nitrogens with zero attached hydrogens (tertiary/aromatic N) is 1. The van der Waals surface area contributed by atoms with Gasteiger partial charge in [-0.3, -0.25) is 4.79 Å². The van der Waals surface area contributed by atoms with Crippen molar-refractivity contribution in [3.05, 3.63) is 64.2 Å². The number of nitrogens with one attached hydrogen (secondary N) is 1. The number of carbonyl (C=O) groups excluding carboxylic acids is 1. The summed E-state index contributed by atoms with van der Waals surface area (Å²) in [4.78, 5) is 26.2. The van der Waals surface area contributed by atoms with Gasteiger partial charge in [0.05, 0.1) is 0 Å². The average Bonchev–Trinajstić information content (AvgIpc) is 2.99. The minimum atomic E-state index is -1.06. The topological polar surface area (TPSA) is 69.6 Å². The van der Waals surface area contributed by atoms with Gasteiger partial charge in [0, 0.05) is 29.4 Å². The molecule has 130 valence electrons. The van der Waals surface area contributed by atoms with Crippen LogP contribution in [0.1, 0.15) is 21.5 Å². The average molecular weight is 359 g/mol. The Labute approximate surface area is 151 Å². The van der Waals surface area contributed by atoms with Crippen LogP contribution in [0.25, 0.3) is 0 Å². The van der Waals surface area contributed by atoms with Crippen molar-refractivity contribution in [2.24, 2.45) is 0 Å². The molecular formula is C19H19ClN2O3. The summed E-state index contributed by atoms with van der Waals surface area (Å²) in [5, 5.41) is 12.6. The molecule has 1 atom stereocenters. The maximum atomic E-state index is 12.5. The molecule has 0 radical (unpaired) electrons. The quantitative estimate of drug-likeness (QED) is 0.862. The van der Waals surface area contributed by atoms with Crippen molar-refractivity contribution in [2.75, 3.05) is 18.0 Å². The Balaban J connectivity index is 1.75. The third-order valence-corrected chi connectivity index (χ3v) is 4.91. The molecule has 5 nitrogen and oxygen atoms in total. The summed E-state index contributed by atoms with van der Waals surface area (Å²) in [5.41, 5.74) is 3.25. The molecule has 1 aliphatic rings. The number of aliphatic carboxylic acids is 1. The van der Waals surface area contributed by atoms with E-state index in [1.807, 2.05) is 29.2 Å². The van der Waals surface area contributed by atoms with Crippen molar-refractivity contribution < 1.29 is 14.7 Å². The van der Waals surface area contributed by atoms with E-state index in [-0.39, 0.29) is 6.54 Å². The van der Waals surface area contributed by atoms with Crippen LogP contribution in [0.15, 0.2) is 42.5 Å². The summed E-state index contributed by atoms with van der Waals surface area (Å²) >= 11 is 6.05. The summed E-state index contributed by atoms with van der Waals surface area (Å²) in [6, 6.07) is 11.9. The smallest absolute Gasteiger partial charge is 0.328 e. The molecular weight excluding hydrogens is 340 g/mol. The van der Waals surface area contributed by atoms with Gasteiger partial charge in [-0.25, -0.2) is 4.79 Å². The highest BCUT2D eigenvalue weighted by Crippen LogP contribution is 2.27. The standard InChI is InChI=1S/C19H19ClN2O3/c1-12-14(6-4-7-15(12)20)18(23)21-16(19(24)25)11-22-10-9-13-5-2-3-8-17(13)22/h2-8,16H,9-11H2,1H3,(H,21,23)(H,24,25). The van der Waals surface area contributed by atoms with Crippen molar-refractivity contribution in [1.82, 2.24) is 5.32 Å². The van der Waals surface area contributed by atoms with Gasteiger partial charge in [-0.05, 0) is 42.7 Å². The number of benzene rings is 2. The highest BCUT2D eigenvalue weighted by atomic mass is 35.5. The first-order valence-corrected chi connectivity index (χ1v) is 8.47. The highest BCUT2D eigenvalue weighted by molar-refractivity contribution is 6.31. The van der Waals surface area contributed by atoms with Crippen LogP contribution in [-0.2, 0) is 11.2 Å². The van der Waals surface area contributed by atoms with Gasteiger partial charge in [0.15, 0.2) is 0 Å². The van der Waals surface area contributed by atoms with Crippen LogP contribution in [0.5, 0.6) is 0 Å². The molecule has 2 N–H and O–H groups in total. The summed E-state index contributed by atoms with van der Waals surface area (Å²) in [6.45, 7) is 2.70. The SMILES string of the molecule is Cc1c(Cl)cccc1C(=O)NC(CN1CCc2ccccc21)C(=O)O. The van der Waals surface area contributed by atoms with Gasteiger partial charge in [0.2, 0.25) is 0 Å².